The van der Waals surface area contributed by atoms with E-state index in [4.69, 9.17) is 5.26 Å². The van der Waals surface area contributed by atoms with E-state index in [9.17, 15) is 0 Å². The van der Waals surface area contributed by atoms with Crippen LogP contribution >= 0.6 is 0 Å². The summed E-state index contributed by atoms with van der Waals surface area (Å²) in [5.41, 5.74) is 4.21. The molecular weight excluding hydrogens is 338 g/mol. The fourth-order valence-electron chi connectivity index (χ4n) is 2.20. The number of rotatable bonds is 3. The van der Waals surface area contributed by atoms with Gasteiger partial charge in [-0.25, -0.2) is 4.57 Å². The van der Waals surface area contributed by atoms with Crippen molar-refractivity contribution in [3.05, 3.63) is 84.4 Å². The molecule has 0 aliphatic carbocycles. The maximum Gasteiger partial charge on any atom is 0.173 e. The molecule has 3 rings (SSSR count). The number of nitriles is 1. The van der Waals surface area contributed by atoms with Crippen molar-refractivity contribution in [2.75, 3.05) is 0 Å². The Morgan fingerprint density at radius 2 is 1.45 bits per heavy atom. The van der Waals surface area contributed by atoms with E-state index in [1.165, 1.54) is 11.1 Å². The summed E-state index contributed by atoms with van der Waals surface area (Å²) in [6, 6.07) is 18.0. The molecule has 0 spiro atoms. The van der Waals surface area contributed by atoms with Crippen LogP contribution in [0, 0.1) is 11.3 Å². The van der Waals surface area contributed by atoms with Crippen molar-refractivity contribution in [1.82, 2.24) is 4.98 Å². The monoisotopic (exact) mass is 351 g/mol. The lowest BCUT2D eigenvalue weighted by Gasteiger charge is -2.01. The highest BCUT2D eigenvalue weighted by Gasteiger charge is 2.04. The van der Waals surface area contributed by atoms with Crippen LogP contribution in [0.15, 0.2) is 73.3 Å². The summed E-state index contributed by atoms with van der Waals surface area (Å²) in [6.07, 6.45) is 7.72. The van der Waals surface area contributed by atoms with Gasteiger partial charge in [0, 0.05) is 30.1 Å². The molecule has 0 fully saturated rings. The van der Waals surface area contributed by atoms with Gasteiger partial charge in [0.25, 0.3) is 0 Å². The van der Waals surface area contributed by atoms with Crippen molar-refractivity contribution in [2.24, 2.45) is 0 Å². The van der Waals surface area contributed by atoms with Gasteiger partial charge in [-0.2, -0.15) is 5.26 Å². The normalized spacial score (nSPS) is 9.59. The number of nitrogens with zero attached hydrogens (tertiary/aromatic N) is 3. The Balaban J connectivity index is 0.00000176. The zero-order valence-corrected chi connectivity index (χ0v) is 13.4. The van der Waals surface area contributed by atoms with Crippen LogP contribution in [0.5, 0.6) is 0 Å². The minimum Gasteiger partial charge on any atom is -1.00 e. The van der Waals surface area contributed by atoms with Crippen molar-refractivity contribution < 1.29 is 21.5 Å². The van der Waals surface area contributed by atoms with Crippen molar-refractivity contribution in [3.8, 4) is 17.2 Å². The van der Waals surface area contributed by atoms with E-state index in [0.717, 1.165) is 12.1 Å². The van der Waals surface area contributed by atoms with E-state index in [-0.39, 0.29) is 17.0 Å². The number of benzene rings is 1. The van der Waals surface area contributed by atoms with Gasteiger partial charge in [-0.05, 0) is 35.4 Å². The van der Waals surface area contributed by atoms with Gasteiger partial charge in [-0.3, -0.25) is 4.98 Å². The Morgan fingerprint density at radius 3 is 2.05 bits per heavy atom. The summed E-state index contributed by atoms with van der Waals surface area (Å²) >= 11 is 0. The van der Waals surface area contributed by atoms with Gasteiger partial charge in [0.2, 0.25) is 0 Å². The molecule has 0 atom stereocenters. The van der Waals surface area contributed by atoms with Gasteiger partial charge in [0.1, 0.15) is 0 Å². The first-order valence-electron chi connectivity index (χ1n) is 6.74. The molecule has 0 saturated heterocycles. The highest BCUT2D eigenvalue weighted by Crippen LogP contribution is 2.15. The highest BCUT2D eigenvalue weighted by atomic mass is 79.9. The van der Waals surface area contributed by atoms with Gasteiger partial charge < -0.3 is 17.0 Å². The quantitative estimate of drug-likeness (QED) is 0.621. The van der Waals surface area contributed by atoms with Crippen LogP contribution in [0.2, 0.25) is 0 Å². The van der Waals surface area contributed by atoms with E-state index in [2.05, 4.69) is 40.1 Å². The molecule has 0 amide bonds. The van der Waals surface area contributed by atoms with Crippen LogP contribution in [0.25, 0.3) is 11.1 Å². The van der Waals surface area contributed by atoms with Crippen LogP contribution in [-0.4, -0.2) is 4.98 Å². The van der Waals surface area contributed by atoms with Crippen LogP contribution in [0.4, 0.5) is 0 Å². The maximum absolute atomic E-state index is 8.80. The molecular formula is C18H14BrN3. The lowest BCUT2D eigenvalue weighted by molar-refractivity contribution is -0.688. The molecule has 2 aromatic heterocycles. The largest absolute Gasteiger partial charge is 1.00 e. The molecule has 0 aliphatic heterocycles. The van der Waals surface area contributed by atoms with Gasteiger partial charge in [-0.1, -0.05) is 12.1 Å². The average Bonchev–Trinajstić information content (AvgIpc) is 2.57. The van der Waals surface area contributed by atoms with Gasteiger partial charge in [0.05, 0.1) is 11.6 Å². The number of pyridine rings is 2. The van der Waals surface area contributed by atoms with Crippen LogP contribution in [-0.2, 0) is 6.54 Å². The maximum atomic E-state index is 8.80. The lowest BCUT2D eigenvalue weighted by atomic mass is 10.1. The third-order valence-electron chi connectivity index (χ3n) is 3.35. The zero-order chi connectivity index (χ0) is 14.5. The average molecular weight is 352 g/mol. The third-order valence-corrected chi connectivity index (χ3v) is 3.35. The van der Waals surface area contributed by atoms with Gasteiger partial charge >= 0.3 is 0 Å². The Bertz CT molecular complexity index is 760. The minimum absolute atomic E-state index is 0. The fourth-order valence-corrected chi connectivity index (χ4v) is 2.20. The number of hydrogen-bond acceptors (Lipinski definition) is 2. The zero-order valence-electron chi connectivity index (χ0n) is 11.9. The first-order chi connectivity index (χ1) is 10.3. The predicted octanol–water partition coefficient (Wildman–Crippen LogP) is -0.0399. The molecule has 1 aromatic carbocycles. The molecule has 22 heavy (non-hydrogen) atoms. The van der Waals surface area contributed by atoms with Crippen LogP contribution < -0.4 is 21.5 Å². The topological polar surface area (TPSA) is 40.6 Å². The van der Waals surface area contributed by atoms with Crippen LogP contribution in [0.1, 0.15) is 11.1 Å². The summed E-state index contributed by atoms with van der Waals surface area (Å²) in [5, 5.41) is 8.80. The molecule has 0 radical (unpaired) electrons. The Kier molecular flexibility index (Phi) is 5.40. The first-order valence-corrected chi connectivity index (χ1v) is 6.74. The van der Waals surface area contributed by atoms with Crippen molar-refractivity contribution in [3.63, 3.8) is 0 Å². The molecule has 4 heteroatoms. The summed E-state index contributed by atoms with van der Waals surface area (Å²) < 4.78 is 2.12. The van der Waals surface area contributed by atoms with E-state index < -0.39 is 0 Å². The molecule has 0 aliphatic rings. The summed E-state index contributed by atoms with van der Waals surface area (Å²) in [4.78, 5) is 4.03. The number of aromatic nitrogens is 2. The van der Waals surface area contributed by atoms with E-state index in [1.54, 1.807) is 12.4 Å². The minimum atomic E-state index is 0. The Hall–Kier alpha value is -2.51. The molecule has 3 aromatic rings. The van der Waals surface area contributed by atoms with Gasteiger partial charge in [0.15, 0.2) is 18.9 Å². The second kappa shape index (κ2) is 7.48. The molecule has 0 saturated carbocycles. The van der Waals surface area contributed by atoms with Crippen molar-refractivity contribution in [2.45, 2.75) is 6.54 Å². The third kappa shape index (κ3) is 3.78. The van der Waals surface area contributed by atoms with Crippen molar-refractivity contribution in [1.29, 1.82) is 5.26 Å². The Labute approximate surface area is 140 Å². The summed E-state index contributed by atoms with van der Waals surface area (Å²) in [6.45, 7) is 0.794. The lowest BCUT2D eigenvalue weighted by Crippen LogP contribution is -3.00. The highest BCUT2D eigenvalue weighted by molar-refractivity contribution is 5.61. The molecule has 0 N–H and O–H groups in total. The summed E-state index contributed by atoms with van der Waals surface area (Å²) in [5.74, 6) is 0. The molecule has 108 valence electrons. The Morgan fingerprint density at radius 1 is 0.864 bits per heavy atom. The predicted molar refractivity (Wildman–Crippen MR) is 80.1 cm³/mol. The number of halogens is 1. The van der Waals surface area contributed by atoms with Crippen LogP contribution in [0.3, 0.4) is 0 Å². The standard InChI is InChI=1S/C18H14N3.BrH/c19-13-15-1-3-16(4-2-15)14-21-11-7-18(8-12-21)17-5-9-20-10-6-17;/h1-12H,14H2;1H/q+1;/p-1. The van der Waals surface area contributed by atoms with E-state index in [1.807, 2.05) is 36.4 Å². The molecule has 0 bridgehead atoms. The molecule has 2 heterocycles. The second-order valence-corrected chi connectivity index (χ2v) is 4.80. The summed E-state index contributed by atoms with van der Waals surface area (Å²) in [7, 11) is 0. The number of hydrogen-bond donors (Lipinski definition) is 0. The van der Waals surface area contributed by atoms with E-state index in [0.29, 0.717) is 5.56 Å². The van der Waals surface area contributed by atoms with E-state index >= 15 is 0 Å². The first kappa shape index (κ1) is 15.9. The molecule has 0 unspecified atom stereocenters. The molecule has 3 nitrogen and oxygen atoms in total. The van der Waals surface area contributed by atoms with Gasteiger partial charge in [-0.15, -0.1) is 0 Å². The van der Waals surface area contributed by atoms with Crippen molar-refractivity contribution >= 4 is 0 Å². The smallest absolute Gasteiger partial charge is 0.173 e. The fraction of sp³-hybridized carbons (Fsp3) is 0.0556. The second-order valence-electron chi connectivity index (χ2n) is 4.80. The SMILES string of the molecule is N#Cc1ccc(C[n+]2ccc(-c3ccncc3)cc2)cc1.[Br-].